The highest BCUT2D eigenvalue weighted by atomic mass is 19.3. The second-order valence-electron chi connectivity index (χ2n) is 4.82. The zero-order valence-electron chi connectivity index (χ0n) is 10.8. The number of halogens is 2. The number of cyclic esters (lactones) is 1. The van der Waals surface area contributed by atoms with E-state index in [-0.39, 0.29) is 6.54 Å². The number of carbonyl (C=O) groups is 1. The molecular weight excluding hydrogens is 252 g/mol. The Labute approximate surface area is 111 Å². The van der Waals surface area contributed by atoms with Crippen LogP contribution in [0.15, 0.2) is 24.3 Å². The number of nitrogens with one attached hydrogen (secondary N) is 1. The van der Waals surface area contributed by atoms with Crippen molar-refractivity contribution in [3.8, 4) is 0 Å². The second-order valence-corrected chi connectivity index (χ2v) is 4.82. The molecule has 1 atom stereocenters. The lowest BCUT2D eigenvalue weighted by Crippen LogP contribution is -2.28. The second kappa shape index (κ2) is 5.65. The quantitative estimate of drug-likeness (QED) is 0.657. The molecule has 1 aliphatic rings. The molecule has 1 aromatic rings. The van der Waals surface area contributed by atoms with E-state index in [0.29, 0.717) is 6.54 Å². The summed E-state index contributed by atoms with van der Waals surface area (Å²) in [6.07, 6.45) is -0.424. The number of aryl methyl sites for hydroxylation is 1. The van der Waals surface area contributed by atoms with Crippen LogP contribution in [-0.4, -0.2) is 31.1 Å². The highest BCUT2D eigenvalue weighted by Crippen LogP contribution is 2.30. The number of carbonyl (C=O) groups excluding carboxylic acids is 1. The average Bonchev–Trinajstić information content (AvgIpc) is 2.61. The van der Waals surface area contributed by atoms with Gasteiger partial charge in [0.2, 0.25) is 0 Å². The van der Waals surface area contributed by atoms with E-state index < -0.39 is 24.4 Å². The Morgan fingerprint density at radius 2 is 2.16 bits per heavy atom. The summed E-state index contributed by atoms with van der Waals surface area (Å²) >= 11 is 0. The van der Waals surface area contributed by atoms with Gasteiger partial charge in [-0.1, -0.05) is 24.3 Å². The molecule has 0 bridgehead atoms. The molecule has 0 saturated carbocycles. The molecule has 1 heterocycles. The van der Waals surface area contributed by atoms with Crippen molar-refractivity contribution in [3.63, 3.8) is 0 Å². The van der Waals surface area contributed by atoms with Crippen LogP contribution in [0.5, 0.6) is 0 Å². The molecule has 1 unspecified atom stereocenters. The smallest absolute Gasteiger partial charge is 0.377 e. The first-order valence-corrected chi connectivity index (χ1v) is 6.33. The number of benzene rings is 1. The summed E-state index contributed by atoms with van der Waals surface area (Å²) in [5.41, 5.74) is 2.44. The summed E-state index contributed by atoms with van der Waals surface area (Å²) in [5, 5.41) is 3.05. The fraction of sp³-hybridized carbons (Fsp3) is 0.500. The van der Waals surface area contributed by atoms with Gasteiger partial charge in [-0.05, 0) is 31.0 Å². The van der Waals surface area contributed by atoms with Crippen molar-refractivity contribution in [3.05, 3.63) is 35.4 Å². The zero-order valence-corrected chi connectivity index (χ0v) is 10.8. The maximum absolute atomic E-state index is 12.9. The Hall–Kier alpha value is -1.49. The van der Waals surface area contributed by atoms with Crippen molar-refractivity contribution in [2.24, 2.45) is 0 Å². The Kier molecular flexibility index (Phi) is 4.14. The van der Waals surface area contributed by atoms with Crippen LogP contribution in [0.3, 0.4) is 0 Å². The highest BCUT2D eigenvalue weighted by Gasteiger charge is 2.50. The number of ether oxygens (including phenoxy) is 1. The predicted octanol–water partition coefficient (Wildman–Crippen LogP) is 2.08. The van der Waals surface area contributed by atoms with Crippen LogP contribution in [0.4, 0.5) is 8.78 Å². The van der Waals surface area contributed by atoms with Gasteiger partial charge in [0.05, 0.1) is 6.42 Å². The molecule has 5 heteroatoms. The topological polar surface area (TPSA) is 38.3 Å². The zero-order chi connectivity index (χ0) is 13.9. The largest absolute Gasteiger partial charge is 0.456 e. The van der Waals surface area contributed by atoms with Crippen molar-refractivity contribution in [1.82, 2.24) is 5.32 Å². The van der Waals surface area contributed by atoms with Crippen LogP contribution in [0.2, 0.25) is 0 Å². The number of hydrogen-bond donors (Lipinski definition) is 1. The van der Waals surface area contributed by atoms with Gasteiger partial charge in [0.25, 0.3) is 0 Å². The average molecular weight is 269 g/mol. The molecular formula is C14H17F2NO2. The highest BCUT2D eigenvalue weighted by molar-refractivity contribution is 5.79. The predicted molar refractivity (Wildman–Crippen MR) is 67.2 cm³/mol. The van der Waals surface area contributed by atoms with Crippen LogP contribution in [0, 0.1) is 6.92 Å². The maximum Gasteiger partial charge on any atom is 0.377 e. The fourth-order valence-corrected chi connectivity index (χ4v) is 2.14. The molecule has 0 amide bonds. The molecule has 0 aromatic heterocycles. The summed E-state index contributed by atoms with van der Waals surface area (Å²) in [4.78, 5) is 10.8. The van der Waals surface area contributed by atoms with E-state index in [1.54, 1.807) is 0 Å². The first-order valence-electron chi connectivity index (χ1n) is 6.33. The lowest BCUT2D eigenvalue weighted by Gasteiger charge is -2.10. The van der Waals surface area contributed by atoms with Gasteiger partial charge in [-0.2, -0.15) is 8.78 Å². The number of alkyl halides is 2. The van der Waals surface area contributed by atoms with Crippen molar-refractivity contribution in [1.29, 1.82) is 0 Å². The summed E-state index contributed by atoms with van der Waals surface area (Å²) in [6.45, 7) is 2.98. The number of hydrogen-bond acceptors (Lipinski definition) is 3. The third kappa shape index (κ3) is 3.50. The van der Waals surface area contributed by atoms with E-state index in [9.17, 15) is 13.6 Å². The molecule has 1 aromatic carbocycles. The van der Waals surface area contributed by atoms with Gasteiger partial charge < -0.3 is 10.1 Å². The molecule has 1 saturated heterocycles. The Morgan fingerprint density at radius 3 is 2.79 bits per heavy atom. The fourth-order valence-electron chi connectivity index (χ4n) is 2.14. The SMILES string of the molecule is Cc1ccccc1CCNCC1CC(F)(F)C(=O)O1. The first kappa shape index (κ1) is 13.9. The Morgan fingerprint density at radius 1 is 1.42 bits per heavy atom. The van der Waals surface area contributed by atoms with Crippen LogP contribution >= 0.6 is 0 Å². The molecule has 0 aliphatic carbocycles. The van der Waals surface area contributed by atoms with Crippen LogP contribution in [0.1, 0.15) is 17.5 Å². The van der Waals surface area contributed by atoms with E-state index in [4.69, 9.17) is 0 Å². The molecule has 19 heavy (non-hydrogen) atoms. The molecule has 3 nitrogen and oxygen atoms in total. The third-order valence-electron chi connectivity index (χ3n) is 3.26. The molecule has 2 rings (SSSR count). The van der Waals surface area contributed by atoms with Gasteiger partial charge in [0, 0.05) is 6.54 Å². The summed E-state index contributed by atoms with van der Waals surface area (Å²) < 4.78 is 30.4. The first-order chi connectivity index (χ1) is 8.99. The van der Waals surface area contributed by atoms with Crippen molar-refractivity contribution in [2.75, 3.05) is 13.1 Å². The number of rotatable bonds is 5. The summed E-state index contributed by atoms with van der Waals surface area (Å²) in [7, 11) is 0. The van der Waals surface area contributed by atoms with Gasteiger partial charge in [-0.3, -0.25) is 0 Å². The summed E-state index contributed by atoms with van der Waals surface area (Å²) in [5.74, 6) is -4.72. The maximum atomic E-state index is 12.9. The molecule has 0 radical (unpaired) electrons. The minimum absolute atomic E-state index is 0.271. The van der Waals surface area contributed by atoms with Gasteiger partial charge in [0.15, 0.2) is 0 Å². The standard InChI is InChI=1S/C14H17F2NO2/c1-10-4-2-3-5-11(10)6-7-17-9-12-8-14(15,16)13(18)19-12/h2-5,12,17H,6-9H2,1H3. The van der Waals surface area contributed by atoms with E-state index in [0.717, 1.165) is 6.42 Å². The normalized spacial score (nSPS) is 21.4. The van der Waals surface area contributed by atoms with Gasteiger partial charge in [-0.25, -0.2) is 4.79 Å². The lowest BCUT2D eigenvalue weighted by molar-refractivity contribution is -0.158. The van der Waals surface area contributed by atoms with Crippen LogP contribution in [-0.2, 0) is 16.0 Å². The Bertz CT molecular complexity index is 463. The Balaban J connectivity index is 1.71. The van der Waals surface area contributed by atoms with Gasteiger partial charge in [0.1, 0.15) is 6.10 Å². The third-order valence-corrected chi connectivity index (χ3v) is 3.26. The van der Waals surface area contributed by atoms with Crippen LogP contribution in [0.25, 0.3) is 0 Å². The monoisotopic (exact) mass is 269 g/mol. The minimum atomic E-state index is -3.32. The molecule has 1 fully saturated rings. The van der Waals surface area contributed by atoms with E-state index >= 15 is 0 Å². The lowest BCUT2D eigenvalue weighted by atomic mass is 10.1. The van der Waals surface area contributed by atoms with Crippen molar-refractivity contribution in [2.45, 2.75) is 31.8 Å². The van der Waals surface area contributed by atoms with Crippen molar-refractivity contribution >= 4 is 5.97 Å². The molecule has 1 N–H and O–H groups in total. The van der Waals surface area contributed by atoms with Gasteiger partial charge >= 0.3 is 11.9 Å². The molecule has 1 aliphatic heterocycles. The van der Waals surface area contributed by atoms with E-state index in [1.165, 1.54) is 11.1 Å². The molecule has 104 valence electrons. The minimum Gasteiger partial charge on any atom is -0.456 e. The van der Waals surface area contributed by atoms with Crippen molar-refractivity contribution < 1.29 is 18.3 Å². The van der Waals surface area contributed by atoms with E-state index in [2.05, 4.69) is 10.1 Å². The van der Waals surface area contributed by atoms with Crippen LogP contribution < -0.4 is 5.32 Å². The molecule has 0 spiro atoms. The van der Waals surface area contributed by atoms with E-state index in [1.807, 2.05) is 31.2 Å². The number of esters is 1. The van der Waals surface area contributed by atoms with Gasteiger partial charge in [-0.15, -0.1) is 0 Å². The summed E-state index contributed by atoms with van der Waals surface area (Å²) in [6, 6.07) is 8.03.